The number of piperidine rings is 1. The number of likely N-dealkylation sites (tertiary alicyclic amines) is 1. The third-order valence-electron chi connectivity index (χ3n) is 11.2. The van der Waals surface area contributed by atoms with Gasteiger partial charge in [-0.25, -0.2) is 0 Å². The minimum absolute atomic E-state index is 0.00127. The van der Waals surface area contributed by atoms with Crippen molar-refractivity contribution in [3.8, 4) is 11.5 Å². The number of methoxy groups -OCH3 is 1. The molecule has 2 aliphatic heterocycles. The molecule has 2 amide bonds. The second-order valence-electron chi connectivity index (χ2n) is 12.7. The van der Waals surface area contributed by atoms with Gasteiger partial charge in [-0.2, -0.15) is 0 Å². The summed E-state index contributed by atoms with van der Waals surface area (Å²) in [5.74, 6) is 0.905. The Hall–Kier alpha value is -2.36. The highest BCUT2D eigenvalue weighted by molar-refractivity contribution is 5.86. The van der Waals surface area contributed by atoms with Crippen molar-refractivity contribution in [3.05, 3.63) is 23.3 Å². The summed E-state index contributed by atoms with van der Waals surface area (Å²) in [6.45, 7) is 3.45. The van der Waals surface area contributed by atoms with Gasteiger partial charge in [-0.3, -0.25) is 14.5 Å². The highest BCUT2D eigenvalue weighted by atomic mass is 16.6. The van der Waals surface area contributed by atoms with E-state index < -0.39 is 24.2 Å². The summed E-state index contributed by atoms with van der Waals surface area (Å²) in [6.07, 6.45) is 7.14. The molecule has 5 fully saturated rings. The predicted molar refractivity (Wildman–Crippen MR) is 138 cm³/mol. The maximum Gasteiger partial charge on any atom is 0.244 e. The number of aromatic hydroxyl groups is 1. The molecule has 1 saturated heterocycles. The number of carbonyl (C=O) groups is 2. The van der Waals surface area contributed by atoms with Crippen molar-refractivity contribution in [1.82, 2.24) is 15.5 Å². The summed E-state index contributed by atoms with van der Waals surface area (Å²) in [5, 5.41) is 26.2. The standard InChI is InChI=1S/C29H39N3O6/c1-16(34)31-20(15-33)25(36)30-13-19-12-27-7-8-29(19,37-2)26-28(27)9-10-32(14-17-3-4-17)22(27)11-18-5-6-21(35)24(38-26)23(18)28/h5-6,17,19-20,22,26,33,35H,3-4,7-15H2,1-2H3,(H,30,36)(H,31,34)/t19?,20-,22+,26?,27+,28-,29?/m0/s1. The molecule has 2 spiro atoms. The van der Waals surface area contributed by atoms with Crippen LogP contribution in [0.2, 0.25) is 0 Å². The van der Waals surface area contributed by atoms with Crippen molar-refractivity contribution in [1.29, 1.82) is 0 Å². The van der Waals surface area contributed by atoms with Crippen molar-refractivity contribution in [2.24, 2.45) is 17.3 Å². The zero-order valence-corrected chi connectivity index (χ0v) is 22.3. The number of aliphatic hydroxyl groups is 1. The van der Waals surface area contributed by atoms with Gasteiger partial charge >= 0.3 is 0 Å². The van der Waals surface area contributed by atoms with Crippen LogP contribution in [0.5, 0.6) is 11.5 Å². The van der Waals surface area contributed by atoms with Crippen molar-refractivity contribution < 1.29 is 29.3 Å². The number of hydrogen-bond acceptors (Lipinski definition) is 7. The molecular formula is C29H39N3O6. The lowest BCUT2D eigenvalue weighted by Crippen LogP contribution is -2.81. The number of hydrogen-bond donors (Lipinski definition) is 4. The average molecular weight is 526 g/mol. The quantitative estimate of drug-likeness (QED) is 0.403. The molecule has 2 heterocycles. The number of nitrogens with one attached hydrogen (secondary N) is 2. The van der Waals surface area contributed by atoms with E-state index >= 15 is 0 Å². The van der Waals surface area contributed by atoms with E-state index in [9.17, 15) is 19.8 Å². The summed E-state index contributed by atoms with van der Waals surface area (Å²) >= 11 is 0. The summed E-state index contributed by atoms with van der Waals surface area (Å²) in [5.41, 5.74) is 1.68. The number of ether oxygens (including phenoxy) is 2. The lowest BCUT2D eigenvalue weighted by molar-refractivity contribution is -0.276. The Morgan fingerprint density at radius 1 is 1.26 bits per heavy atom. The summed E-state index contributed by atoms with van der Waals surface area (Å²) in [4.78, 5) is 27.2. The molecule has 4 saturated carbocycles. The number of aliphatic hydroxyl groups excluding tert-OH is 1. The van der Waals surface area contributed by atoms with Gasteiger partial charge in [0.05, 0.1) is 6.61 Å². The Labute approximate surface area is 223 Å². The topological polar surface area (TPSA) is 120 Å². The normalized spacial score (nSPS) is 38.8. The van der Waals surface area contributed by atoms with E-state index in [0.717, 1.165) is 51.1 Å². The molecule has 9 heteroatoms. The second kappa shape index (κ2) is 8.32. The van der Waals surface area contributed by atoms with Crippen LogP contribution in [-0.2, 0) is 26.2 Å². The fraction of sp³-hybridized carbons (Fsp3) is 0.724. The Bertz CT molecular complexity index is 1190. The number of phenols is 1. The van der Waals surface area contributed by atoms with E-state index in [-0.39, 0.29) is 34.5 Å². The summed E-state index contributed by atoms with van der Waals surface area (Å²) < 4.78 is 13.3. The number of amides is 2. The van der Waals surface area contributed by atoms with Gasteiger partial charge in [0.1, 0.15) is 17.7 Å². The number of fused-ring (bicyclic) bond motifs is 2. The van der Waals surface area contributed by atoms with E-state index in [1.165, 1.54) is 30.9 Å². The highest BCUT2D eigenvalue weighted by Crippen LogP contribution is 2.76. The molecule has 206 valence electrons. The Morgan fingerprint density at radius 3 is 2.79 bits per heavy atom. The first-order valence-electron chi connectivity index (χ1n) is 14.3. The molecule has 9 nitrogen and oxygen atoms in total. The molecule has 0 aromatic heterocycles. The monoisotopic (exact) mass is 525 g/mol. The van der Waals surface area contributed by atoms with E-state index in [2.05, 4.69) is 21.6 Å². The number of benzene rings is 1. The Balaban J connectivity index is 1.28. The largest absolute Gasteiger partial charge is 0.504 e. The van der Waals surface area contributed by atoms with E-state index in [1.54, 1.807) is 13.2 Å². The zero-order valence-electron chi connectivity index (χ0n) is 22.3. The Morgan fingerprint density at radius 2 is 2.08 bits per heavy atom. The average Bonchev–Trinajstić information content (AvgIpc) is 3.65. The van der Waals surface area contributed by atoms with E-state index in [4.69, 9.17) is 9.47 Å². The van der Waals surface area contributed by atoms with Crippen LogP contribution in [-0.4, -0.2) is 84.1 Å². The molecule has 1 aromatic carbocycles. The molecule has 8 rings (SSSR count). The van der Waals surface area contributed by atoms with Crippen LogP contribution < -0.4 is 15.4 Å². The van der Waals surface area contributed by atoms with E-state index in [1.807, 2.05) is 0 Å². The van der Waals surface area contributed by atoms with Gasteiger partial charge in [0, 0.05) is 55.5 Å². The minimum atomic E-state index is -0.981. The molecule has 7 atom stereocenters. The lowest BCUT2D eigenvalue weighted by Gasteiger charge is -2.74. The molecule has 38 heavy (non-hydrogen) atoms. The third kappa shape index (κ3) is 3.04. The van der Waals surface area contributed by atoms with Gasteiger partial charge in [0.15, 0.2) is 11.5 Å². The molecule has 5 aliphatic carbocycles. The van der Waals surface area contributed by atoms with Gasteiger partial charge < -0.3 is 30.3 Å². The fourth-order valence-corrected chi connectivity index (χ4v) is 9.58. The molecule has 4 bridgehead atoms. The fourth-order valence-electron chi connectivity index (χ4n) is 9.58. The maximum atomic E-state index is 12.9. The maximum absolute atomic E-state index is 12.9. The van der Waals surface area contributed by atoms with Crippen LogP contribution in [0.1, 0.15) is 56.6 Å². The van der Waals surface area contributed by atoms with Crippen LogP contribution in [0.4, 0.5) is 0 Å². The minimum Gasteiger partial charge on any atom is -0.504 e. The van der Waals surface area contributed by atoms with Crippen molar-refractivity contribution in [3.63, 3.8) is 0 Å². The molecule has 3 unspecified atom stereocenters. The number of nitrogens with zero attached hydrogens (tertiary/aromatic N) is 1. The van der Waals surface area contributed by atoms with Crippen molar-refractivity contribution in [2.75, 3.05) is 33.4 Å². The van der Waals surface area contributed by atoms with Crippen LogP contribution in [0, 0.1) is 17.3 Å². The number of rotatable bonds is 8. The smallest absolute Gasteiger partial charge is 0.244 e. The van der Waals surface area contributed by atoms with Gasteiger partial charge in [-0.15, -0.1) is 0 Å². The molecule has 7 aliphatic rings. The first kappa shape index (κ1) is 24.7. The van der Waals surface area contributed by atoms with Gasteiger partial charge in [-0.1, -0.05) is 6.07 Å². The Kier molecular flexibility index (Phi) is 5.40. The lowest BCUT2D eigenvalue weighted by atomic mass is 9.35. The van der Waals surface area contributed by atoms with Crippen molar-refractivity contribution in [2.45, 2.75) is 81.1 Å². The predicted octanol–water partition coefficient (Wildman–Crippen LogP) is 1.23. The molecule has 1 aromatic rings. The number of phenolic OH excluding ortho intramolecular Hbond substituents is 1. The second-order valence-corrected chi connectivity index (χ2v) is 12.7. The first-order valence-corrected chi connectivity index (χ1v) is 14.3. The molecule has 4 N–H and O–H groups in total. The summed E-state index contributed by atoms with van der Waals surface area (Å²) in [6, 6.07) is 3.31. The number of carbonyl (C=O) groups excluding carboxylic acids is 2. The molecular weight excluding hydrogens is 486 g/mol. The first-order chi connectivity index (χ1) is 18.3. The van der Waals surface area contributed by atoms with Crippen LogP contribution in [0.25, 0.3) is 0 Å². The highest BCUT2D eigenvalue weighted by Gasteiger charge is 2.80. The van der Waals surface area contributed by atoms with Gasteiger partial charge in [0.25, 0.3) is 0 Å². The van der Waals surface area contributed by atoms with Crippen LogP contribution in [0.3, 0.4) is 0 Å². The zero-order chi connectivity index (χ0) is 26.4. The third-order valence-corrected chi connectivity index (χ3v) is 11.2. The SMILES string of the molecule is COC12CC[C@@]3(CC1CNC(=O)[C@H](CO)NC(C)=O)[C@H]1Cc4ccc(O)c5c4[C@@]3(CCN1CC1CC1)C2O5. The van der Waals surface area contributed by atoms with Crippen LogP contribution in [0.15, 0.2) is 12.1 Å². The van der Waals surface area contributed by atoms with Crippen LogP contribution >= 0.6 is 0 Å². The van der Waals surface area contributed by atoms with Gasteiger partial charge in [0.2, 0.25) is 11.8 Å². The molecule has 0 radical (unpaired) electrons. The summed E-state index contributed by atoms with van der Waals surface area (Å²) in [7, 11) is 1.76. The van der Waals surface area contributed by atoms with Crippen molar-refractivity contribution >= 4 is 11.8 Å². The van der Waals surface area contributed by atoms with E-state index in [0.29, 0.717) is 18.3 Å². The van der Waals surface area contributed by atoms with Gasteiger partial charge in [-0.05, 0) is 69.0 Å².